The van der Waals surface area contributed by atoms with Crippen molar-refractivity contribution in [1.82, 2.24) is 14.5 Å². The number of ether oxygens (including phenoxy) is 2. The lowest BCUT2D eigenvalue weighted by Gasteiger charge is -2.31. The lowest BCUT2D eigenvalue weighted by atomic mass is 10.00. The molecule has 1 aliphatic heterocycles. The van der Waals surface area contributed by atoms with Crippen molar-refractivity contribution in [1.29, 1.82) is 0 Å². The van der Waals surface area contributed by atoms with Crippen LogP contribution in [0.2, 0.25) is 0 Å². The highest BCUT2D eigenvalue weighted by molar-refractivity contribution is 5.93. The van der Waals surface area contributed by atoms with E-state index in [9.17, 15) is 0 Å². The molecule has 0 amide bonds. The van der Waals surface area contributed by atoms with Crippen LogP contribution in [-0.4, -0.2) is 60.5 Å². The molecular weight excluding hydrogens is 314 g/mol. The minimum Gasteiger partial charge on any atom is -0.379 e. The average molecular weight is 341 g/mol. The Labute approximate surface area is 149 Å². The lowest BCUT2D eigenvalue weighted by Crippen LogP contribution is -2.39. The number of aryl methyl sites for hydroxylation is 1. The third kappa shape index (κ3) is 3.01. The van der Waals surface area contributed by atoms with E-state index in [1.807, 2.05) is 6.20 Å². The van der Waals surface area contributed by atoms with Crippen molar-refractivity contribution in [2.24, 2.45) is 0 Å². The van der Waals surface area contributed by atoms with Crippen LogP contribution in [0, 0.1) is 6.92 Å². The fourth-order valence-corrected chi connectivity index (χ4v) is 4.24. The minimum absolute atomic E-state index is 0.152. The Bertz CT molecular complexity index is 790. The van der Waals surface area contributed by atoms with Crippen LogP contribution < -0.4 is 0 Å². The first-order chi connectivity index (χ1) is 12.2. The molecule has 4 rings (SSSR count). The van der Waals surface area contributed by atoms with Crippen LogP contribution in [0.4, 0.5) is 0 Å². The number of hydrogen-bond acceptors (Lipinski definition) is 4. The van der Waals surface area contributed by atoms with Crippen molar-refractivity contribution < 1.29 is 9.47 Å². The molecule has 3 heterocycles. The number of nitrogens with zero attached hydrogens (tertiary/aromatic N) is 3. The van der Waals surface area contributed by atoms with Gasteiger partial charge in [-0.3, -0.25) is 9.88 Å². The Hall–Kier alpha value is -1.69. The highest BCUT2D eigenvalue weighted by atomic mass is 16.5. The van der Waals surface area contributed by atoms with Gasteiger partial charge in [-0.1, -0.05) is 12.2 Å². The number of methoxy groups -OCH3 is 1. The molecule has 1 saturated heterocycles. The molecule has 2 aromatic heterocycles. The summed E-state index contributed by atoms with van der Waals surface area (Å²) in [5, 5.41) is 1.31. The first-order valence-electron chi connectivity index (χ1n) is 9.18. The van der Waals surface area contributed by atoms with E-state index in [1.54, 1.807) is 7.11 Å². The van der Waals surface area contributed by atoms with Crippen molar-refractivity contribution in [2.45, 2.75) is 32.4 Å². The quantitative estimate of drug-likeness (QED) is 0.857. The Morgan fingerprint density at radius 2 is 2.16 bits per heavy atom. The molecule has 2 aliphatic rings. The number of aromatic nitrogens is 2. The summed E-state index contributed by atoms with van der Waals surface area (Å²) >= 11 is 0. The number of pyridine rings is 1. The van der Waals surface area contributed by atoms with E-state index in [1.165, 1.54) is 22.2 Å². The molecule has 1 aliphatic carbocycles. The number of morpholine rings is 1. The van der Waals surface area contributed by atoms with Gasteiger partial charge in [0.2, 0.25) is 0 Å². The van der Waals surface area contributed by atoms with Crippen LogP contribution in [0.3, 0.4) is 0 Å². The number of fused-ring (bicyclic) bond motifs is 3. The summed E-state index contributed by atoms with van der Waals surface area (Å²) in [4.78, 5) is 7.07. The van der Waals surface area contributed by atoms with Crippen molar-refractivity contribution in [2.75, 3.05) is 40.0 Å². The monoisotopic (exact) mass is 341 g/mol. The zero-order chi connectivity index (χ0) is 17.4. The zero-order valence-electron chi connectivity index (χ0n) is 15.4. The van der Waals surface area contributed by atoms with Crippen LogP contribution in [0.25, 0.3) is 17.0 Å². The highest BCUT2D eigenvalue weighted by Gasteiger charge is 2.26. The van der Waals surface area contributed by atoms with E-state index < -0.39 is 0 Å². The van der Waals surface area contributed by atoms with Gasteiger partial charge in [0.25, 0.3) is 0 Å². The van der Waals surface area contributed by atoms with E-state index in [-0.39, 0.29) is 6.10 Å². The zero-order valence-corrected chi connectivity index (χ0v) is 15.4. The number of rotatable bonds is 4. The average Bonchev–Trinajstić information content (AvgIpc) is 2.97. The van der Waals surface area contributed by atoms with Gasteiger partial charge in [-0.2, -0.15) is 0 Å². The predicted molar refractivity (Wildman–Crippen MR) is 100.0 cm³/mol. The molecule has 134 valence electrons. The third-order valence-electron chi connectivity index (χ3n) is 5.48. The molecule has 1 fully saturated rings. The first kappa shape index (κ1) is 16.8. The van der Waals surface area contributed by atoms with Crippen molar-refractivity contribution in [3.05, 3.63) is 35.3 Å². The summed E-state index contributed by atoms with van der Waals surface area (Å²) in [6.07, 6.45) is 7.40. The molecule has 0 radical (unpaired) electrons. The van der Waals surface area contributed by atoms with Gasteiger partial charge < -0.3 is 14.0 Å². The summed E-state index contributed by atoms with van der Waals surface area (Å²) in [6, 6.07) is 2.53. The van der Waals surface area contributed by atoms with Crippen LogP contribution in [0.15, 0.2) is 18.3 Å². The Balaban J connectivity index is 1.77. The lowest BCUT2D eigenvalue weighted by molar-refractivity contribution is 0.0325. The smallest absolute Gasteiger partial charge is 0.0810 e. The van der Waals surface area contributed by atoms with Crippen LogP contribution in [0.5, 0.6) is 0 Å². The Kier molecular flexibility index (Phi) is 4.63. The predicted octanol–water partition coefficient (Wildman–Crippen LogP) is 2.82. The molecule has 0 aromatic carbocycles. The van der Waals surface area contributed by atoms with Gasteiger partial charge in [-0.05, 0) is 19.9 Å². The fourth-order valence-electron chi connectivity index (χ4n) is 4.24. The highest BCUT2D eigenvalue weighted by Crippen LogP contribution is 2.35. The standard InChI is InChI=1S/C20H27N3O2/c1-14(13-22-8-10-25-11-9-22)23-19-12-16(24-3)4-5-17(19)18-6-7-21-15(2)20(18)23/h4-7,14,16H,8-13H2,1-3H3. The maximum atomic E-state index is 5.62. The maximum Gasteiger partial charge on any atom is 0.0810 e. The summed E-state index contributed by atoms with van der Waals surface area (Å²) in [5.41, 5.74) is 5.08. The van der Waals surface area contributed by atoms with Crippen molar-refractivity contribution in [3.8, 4) is 0 Å². The minimum atomic E-state index is 0.152. The van der Waals surface area contributed by atoms with Gasteiger partial charge in [-0.25, -0.2) is 0 Å². The molecule has 5 heteroatoms. The van der Waals surface area contributed by atoms with Gasteiger partial charge in [0, 0.05) is 62.0 Å². The number of hydrogen-bond donors (Lipinski definition) is 0. The van der Waals surface area contributed by atoms with Gasteiger partial charge in [0.05, 0.1) is 30.5 Å². The van der Waals surface area contributed by atoms with Crippen molar-refractivity contribution in [3.63, 3.8) is 0 Å². The fraction of sp³-hybridized carbons (Fsp3) is 0.550. The summed E-state index contributed by atoms with van der Waals surface area (Å²) in [7, 11) is 1.79. The largest absolute Gasteiger partial charge is 0.379 e. The van der Waals surface area contributed by atoms with Gasteiger partial charge >= 0.3 is 0 Å². The Morgan fingerprint density at radius 3 is 2.92 bits per heavy atom. The molecule has 0 bridgehead atoms. The summed E-state index contributed by atoms with van der Waals surface area (Å²) in [6.45, 7) is 9.19. The summed E-state index contributed by atoms with van der Waals surface area (Å²) < 4.78 is 13.6. The van der Waals surface area contributed by atoms with Crippen molar-refractivity contribution >= 4 is 17.0 Å². The van der Waals surface area contributed by atoms with Gasteiger partial charge in [0.1, 0.15) is 0 Å². The van der Waals surface area contributed by atoms with E-state index in [0.29, 0.717) is 6.04 Å². The van der Waals surface area contributed by atoms with E-state index >= 15 is 0 Å². The molecule has 0 N–H and O–H groups in total. The molecule has 2 unspecified atom stereocenters. The second-order valence-electron chi connectivity index (χ2n) is 7.12. The SMILES string of the molecule is COC1C=Cc2c(n(C(C)CN3CCOCC3)c3c(C)nccc23)C1. The summed E-state index contributed by atoms with van der Waals surface area (Å²) in [5.74, 6) is 0. The molecule has 5 nitrogen and oxygen atoms in total. The normalized spacial score (nSPS) is 22.3. The molecular formula is C20H27N3O2. The first-order valence-corrected chi connectivity index (χ1v) is 9.18. The van der Waals surface area contributed by atoms with Crippen LogP contribution in [0.1, 0.15) is 29.9 Å². The van der Waals surface area contributed by atoms with Gasteiger partial charge in [-0.15, -0.1) is 0 Å². The van der Waals surface area contributed by atoms with E-state index in [0.717, 1.165) is 45.0 Å². The van der Waals surface area contributed by atoms with E-state index in [2.05, 4.69) is 46.5 Å². The maximum absolute atomic E-state index is 5.62. The van der Waals surface area contributed by atoms with Crippen LogP contribution in [-0.2, 0) is 15.9 Å². The van der Waals surface area contributed by atoms with Gasteiger partial charge in [0.15, 0.2) is 0 Å². The molecule has 0 spiro atoms. The van der Waals surface area contributed by atoms with E-state index in [4.69, 9.17) is 9.47 Å². The second-order valence-corrected chi connectivity index (χ2v) is 7.12. The second kappa shape index (κ2) is 6.90. The molecule has 2 aromatic rings. The third-order valence-corrected chi connectivity index (χ3v) is 5.48. The molecule has 25 heavy (non-hydrogen) atoms. The molecule has 0 saturated carbocycles. The topological polar surface area (TPSA) is 39.5 Å². The Morgan fingerprint density at radius 1 is 1.36 bits per heavy atom. The molecule has 2 atom stereocenters. The van der Waals surface area contributed by atoms with Crippen LogP contribution >= 0.6 is 0 Å².